The number of hydrogen-bond donors (Lipinski definition) is 2. The highest BCUT2D eigenvalue weighted by Gasteiger charge is 2.31. The van der Waals surface area contributed by atoms with Crippen molar-refractivity contribution in [3.8, 4) is 0 Å². The smallest absolute Gasteiger partial charge is 0.328 e. The molecule has 3 fully saturated rings. The Morgan fingerprint density at radius 2 is 1.72 bits per heavy atom. The lowest BCUT2D eigenvalue weighted by molar-refractivity contribution is -0.135. The maximum Gasteiger partial charge on any atom is 0.329 e. The molecule has 3 aliphatic rings. The summed E-state index contributed by atoms with van der Waals surface area (Å²) in [5.74, 6) is 0.115. The van der Waals surface area contributed by atoms with Crippen molar-refractivity contribution in [1.82, 2.24) is 24.3 Å². The van der Waals surface area contributed by atoms with E-state index in [9.17, 15) is 14.4 Å². The average Bonchev–Trinajstić information content (AvgIpc) is 3.10. The van der Waals surface area contributed by atoms with E-state index in [1.54, 1.807) is 16.2 Å². The molecular formula is C27H40N6O3. The van der Waals surface area contributed by atoms with Gasteiger partial charge in [0.05, 0.1) is 11.0 Å². The molecule has 1 unspecified atom stereocenters. The fourth-order valence-corrected chi connectivity index (χ4v) is 6.44. The number of nitrogens with two attached hydrogens (primary N) is 1. The number of aryl methyl sites for hydroxylation is 1. The van der Waals surface area contributed by atoms with E-state index in [4.69, 9.17) is 5.73 Å². The van der Waals surface area contributed by atoms with Gasteiger partial charge in [0.15, 0.2) is 0 Å². The number of likely N-dealkylation sites (tertiary alicyclic amines) is 1. The second-order valence-electron chi connectivity index (χ2n) is 11.2. The Morgan fingerprint density at radius 1 is 1.00 bits per heavy atom. The van der Waals surface area contributed by atoms with Gasteiger partial charge in [-0.15, -0.1) is 0 Å². The number of carbonyl (C=O) groups excluding carboxylic acids is 2. The zero-order valence-corrected chi connectivity index (χ0v) is 21.6. The Labute approximate surface area is 212 Å². The van der Waals surface area contributed by atoms with Crippen LogP contribution < -0.4 is 16.7 Å². The molecule has 0 radical (unpaired) electrons. The maximum atomic E-state index is 13.0. The average molecular weight is 497 g/mol. The second-order valence-corrected chi connectivity index (χ2v) is 11.2. The number of benzene rings is 1. The molecule has 1 aromatic carbocycles. The first-order valence-electron chi connectivity index (χ1n) is 13.5. The summed E-state index contributed by atoms with van der Waals surface area (Å²) >= 11 is 0. The fraction of sp³-hybridized carbons (Fsp3) is 0.667. The van der Waals surface area contributed by atoms with Gasteiger partial charge < -0.3 is 10.6 Å². The first-order chi connectivity index (χ1) is 17.3. The van der Waals surface area contributed by atoms with Crippen molar-refractivity contribution in [2.45, 2.75) is 76.0 Å². The molecule has 2 aliphatic heterocycles. The summed E-state index contributed by atoms with van der Waals surface area (Å²) in [4.78, 5) is 42.1. The van der Waals surface area contributed by atoms with E-state index < -0.39 is 11.9 Å². The molecule has 0 spiro atoms. The van der Waals surface area contributed by atoms with Gasteiger partial charge in [-0.3, -0.25) is 28.9 Å². The topological polar surface area (TPSA) is 106 Å². The molecular weight excluding hydrogens is 456 g/mol. The number of imidazole rings is 1. The molecule has 2 aromatic rings. The third-order valence-corrected chi connectivity index (χ3v) is 8.70. The zero-order chi connectivity index (χ0) is 25.4. The van der Waals surface area contributed by atoms with Gasteiger partial charge in [0.1, 0.15) is 6.04 Å². The molecule has 1 aliphatic carbocycles. The summed E-state index contributed by atoms with van der Waals surface area (Å²) in [5, 5.41) is 2.37. The molecule has 36 heavy (non-hydrogen) atoms. The lowest BCUT2D eigenvalue weighted by atomic mass is 9.86. The molecule has 1 atom stereocenters. The van der Waals surface area contributed by atoms with Crippen molar-refractivity contribution in [3.05, 3.63) is 34.2 Å². The van der Waals surface area contributed by atoms with E-state index in [0.29, 0.717) is 18.5 Å². The zero-order valence-electron chi connectivity index (χ0n) is 21.6. The van der Waals surface area contributed by atoms with Crippen LogP contribution in [0.15, 0.2) is 23.0 Å². The van der Waals surface area contributed by atoms with Crippen LogP contribution in [0.4, 0.5) is 0 Å². The Balaban J connectivity index is 1.21. The minimum absolute atomic E-state index is 0.222. The molecule has 1 saturated carbocycles. The number of amides is 2. The highest BCUT2D eigenvalue weighted by Crippen LogP contribution is 2.27. The standard InChI is InChI=1S/C27H40N6O3/c1-30(16-18-3-6-20(28)7-4-18)21-11-13-32(14-12-21)17-19-5-8-22-24(15-19)31(2)27(36)33(22)23-9-10-25(34)29-26(23)35/h5,8,15,18,20-21,23H,3-4,6-7,9-14,16-17,28H2,1-2H3,(H,29,34,35). The number of aromatic nitrogens is 2. The van der Waals surface area contributed by atoms with Crippen LogP contribution in [-0.4, -0.2) is 69.5 Å². The molecule has 0 bridgehead atoms. The van der Waals surface area contributed by atoms with E-state index in [-0.39, 0.29) is 18.0 Å². The molecule has 9 heteroatoms. The van der Waals surface area contributed by atoms with Crippen LogP contribution in [0.25, 0.3) is 11.0 Å². The van der Waals surface area contributed by atoms with Crippen LogP contribution in [0, 0.1) is 5.92 Å². The molecule has 2 saturated heterocycles. The molecule has 5 rings (SSSR count). The molecule has 196 valence electrons. The van der Waals surface area contributed by atoms with Crippen molar-refractivity contribution in [2.24, 2.45) is 18.7 Å². The summed E-state index contributed by atoms with van der Waals surface area (Å²) in [6, 6.07) is 6.49. The fourth-order valence-electron chi connectivity index (χ4n) is 6.44. The minimum Gasteiger partial charge on any atom is -0.328 e. The molecule has 3 N–H and O–H groups in total. The quantitative estimate of drug-likeness (QED) is 0.590. The second kappa shape index (κ2) is 10.5. The number of imide groups is 1. The predicted octanol–water partition coefficient (Wildman–Crippen LogP) is 1.73. The first-order valence-corrected chi connectivity index (χ1v) is 13.5. The number of fused-ring (bicyclic) bond motifs is 1. The van der Waals surface area contributed by atoms with Gasteiger partial charge in [-0.05, 0) is 88.7 Å². The van der Waals surface area contributed by atoms with E-state index in [1.807, 2.05) is 6.07 Å². The van der Waals surface area contributed by atoms with Crippen LogP contribution in [0.3, 0.4) is 0 Å². The summed E-state index contributed by atoms with van der Waals surface area (Å²) in [5.41, 5.74) is 8.59. The van der Waals surface area contributed by atoms with Crippen LogP contribution in [-0.2, 0) is 23.2 Å². The van der Waals surface area contributed by atoms with Crippen molar-refractivity contribution >= 4 is 22.8 Å². The number of nitrogens with one attached hydrogen (secondary N) is 1. The van der Waals surface area contributed by atoms with Gasteiger partial charge in [0.25, 0.3) is 0 Å². The van der Waals surface area contributed by atoms with Gasteiger partial charge in [-0.25, -0.2) is 4.79 Å². The van der Waals surface area contributed by atoms with Crippen LogP contribution in [0.5, 0.6) is 0 Å². The number of piperidine rings is 2. The summed E-state index contributed by atoms with van der Waals surface area (Å²) in [7, 11) is 4.04. The SMILES string of the molecule is CN(CC1CCC(N)CC1)C1CCN(Cc2ccc3c(c2)n(C)c(=O)n3C2CCC(=O)NC2=O)CC1. The first kappa shape index (κ1) is 25.2. The number of rotatable bonds is 6. The number of hydrogen-bond acceptors (Lipinski definition) is 6. The van der Waals surface area contributed by atoms with Crippen LogP contribution in [0.1, 0.15) is 63.0 Å². The lowest BCUT2D eigenvalue weighted by Crippen LogP contribution is -2.45. The molecule has 1 aromatic heterocycles. The molecule has 3 heterocycles. The maximum absolute atomic E-state index is 13.0. The van der Waals surface area contributed by atoms with Crippen molar-refractivity contribution in [1.29, 1.82) is 0 Å². The lowest BCUT2D eigenvalue weighted by Gasteiger charge is -2.39. The summed E-state index contributed by atoms with van der Waals surface area (Å²) in [6.45, 7) is 4.18. The van der Waals surface area contributed by atoms with Crippen LogP contribution >= 0.6 is 0 Å². The largest absolute Gasteiger partial charge is 0.329 e. The highest BCUT2D eigenvalue weighted by atomic mass is 16.2. The van der Waals surface area contributed by atoms with Gasteiger partial charge in [-0.2, -0.15) is 0 Å². The Bertz CT molecular complexity index is 1170. The van der Waals surface area contributed by atoms with E-state index >= 15 is 0 Å². The Morgan fingerprint density at radius 3 is 2.42 bits per heavy atom. The van der Waals surface area contributed by atoms with E-state index in [0.717, 1.165) is 36.6 Å². The third kappa shape index (κ3) is 5.14. The minimum atomic E-state index is -0.647. The Hall–Kier alpha value is -2.49. The Kier molecular flexibility index (Phi) is 7.32. The summed E-state index contributed by atoms with van der Waals surface area (Å²) in [6.07, 6.45) is 7.82. The van der Waals surface area contributed by atoms with Gasteiger partial charge in [-0.1, -0.05) is 6.07 Å². The summed E-state index contributed by atoms with van der Waals surface area (Å²) < 4.78 is 3.16. The third-order valence-electron chi connectivity index (χ3n) is 8.70. The van der Waals surface area contributed by atoms with Crippen LogP contribution in [0.2, 0.25) is 0 Å². The van der Waals surface area contributed by atoms with Crippen molar-refractivity contribution in [3.63, 3.8) is 0 Å². The molecule has 2 amide bonds. The van der Waals surface area contributed by atoms with E-state index in [2.05, 4.69) is 34.3 Å². The highest BCUT2D eigenvalue weighted by molar-refractivity contribution is 6.00. The van der Waals surface area contributed by atoms with Crippen molar-refractivity contribution < 1.29 is 9.59 Å². The van der Waals surface area contributed by atoms with Gasteiger partial charge >= 0.3 is 5.69 Å². The van der Waals surface area contributed by atoms with Crippen molar-refractivity contribution in [2.75, 3.05) is 26.7 Å². The van der Waals surface area contributed by atoms with Gasteiger partial charge in [0.2, 0.25) is 11.8 Å². The predicted molar refractivity (Wildman–Crippen MR) is 139 cm³/mol. The van der Waals surface area contributed by atoms with E-state index in [1.165, 1.54) is 50.6 Å². The monoisotopic (exact) mass is 496 g/mol. The normalized spacial score (nSPS) is 26.6. The molecule has 9 nitrogen and oxygen atoms in total. The number of carbonyl (C=O) groups is 2. The van der Waals surface area contributed by atoms with Gasteiger partial charge in [0, 0.05) is 38.6 Å². The number of nitrogens with zero attached hydrogens (tertiary/aromatic N) is 4.